The van der Waals surface area contributed by atoms with Crippen LogP contribution in [0.15, 0.2) is 12.1 Å². The molecule has 1 aliphatic rings. The number of nitrogens with one attached hydrogen (secondary N) is 2. The van der Waals surface area contributed by atoms with Crippen molar-refractivity contribution in [1.82, 2.24) is 5.32 Å². The van der Waals surface area contributed by atoms with Gasteiger partial charge in [-0.1, -0.05) is 11.6 Å². The number of hydrogen-bond acceptors (Lipinski definition) is 7. The van der Waals surface area contributed by atoms with Crippen molar-refractivity contribution in [3.8, 4) is 5.75 Å². The molecule has 9 heteroatoms. The summed E-state index contributed by atoms with van der Waals surface area (Å²) in [5.41, 5.74) is -1.28. The minimum atomic E-state index is -1.77. The van der Waals surface area contributed by atoms with Crippen LogP contribution in [0.2, 0.25) is 5.02 Å². The molecule has 0 spiro atoms. The lowest BCUT2D eigenvalue weighted by Crippen LogP contribution is -2.64. The first-order valence-corrected chi connectivity index (χ1v) is 6.88. The fourth-order valence-electron chi connectivity index (χ4n) is 2.25. The standard InChI is InChI=1S/C14H15ClN2O6/c1-21-10-4-7-9(5-8(10)15)16-14(13(20)23-3,17-12(7)19)6-11(18)22-2/h4-5,16H,6H2,1-3H3,(H,17,19)/t14-/m0/s1. The summed E-state index contributed by atoms with van der Waals surface area (Å²) < 4.78 is 14.3. The Kier molecular flexibility index (Phi) is 4.65. The lowest BCUT2D eigenvalue weighted by Gasteiger charge is -2.37. The predicted molar refractivity (Wildman–Crippen MR) is 80.5 cm³/mol. The van der Waals surface area contributed by atoms with Gasteiger partial charge in [0.2, 0.25) is 5.66 Å². The summed E-state index contributed by atoms with van der Waals surface area (Å²) in [5.74, 6) is -1.82. The summed E-state index contributed by atoms with van der Waals surface area (Å²) in [6.07, 6.45) is -0.453. The smallest absolute Gasteiger partial charge is 0.353 e. The van der Waals surface area contributed by atoms with Gasteiger partial charge in [-0.15, -0.1) is 0 Å². The molecule has 0 fully saturated rings. The molecule has 8 nitrogen and oxygen atoms in total. The molecule has 1 heterocycles. The summed E-state index contributed by atoms with van der Waals surface area (Å²) in [7, 11) is 3.73. The van der Waals surface area contributed by atoms with Gasteiger partial charge in [-0.05, 0) is 12.1 Å². The first-order chi connectivity index (χ1) is 10.9. The molecule has 0 bridgehead atoms. The normalized spacial score (nSPS) is 19.0. The summed E-state index contributed by atoms with van der Waals surface area (Å²) in [5, 5.41) is 5.49. The van der Waals surface area contributed by atoms with E-state index >= 15 is 0 Å². The first kappa shape index (κ1) is 16.9. The molecule has 0 saturated carbocycles. The van der Waals surface area contributed by atoms with E-state index in [1.54, 1.807) is 0 Å². The van der Waals surface area contributed by atoms with Gasteiger partial charge in [-0.25, -0.2) is 4.79 Å². The molecule has 0 radical (unpaired) electrons. The van der Waals surface area contributed by atoms with Crippen LogP contribution in [0.25, 0.3) is 0 Å². The molecular formula is C14H15ClN2O6. The van der Waals surface area contributed by atoms with E-state index in [0.717, 1.165) is 7.11 Å². The van der Waals surface area contributed by atoms with Crippen molar-refractivity contribution in [3.63, 3.8) is 0 Å². The van der Waals surface area contributed by atoms with Crippen LogP contribution in [0.5, 0.6) is 5.75 Å². The van der Waals surface area contributed by atoms with E-state index in [2.05, 4.69) is 15.4 Å². The zero-order chi connectivity index (χ0) is 17.2. The molecule has 1 aliphatic heterocycles. The number of benzene rings is 1. The van der Waals surface area contributed by atoms with E-state index in [0.29, 0.717) is 5.75 Å². The Hall–Kier alpha value is -2.48. The quantitative estimate of drug-likeness (QED) is 0.785. The molecule has 1 amide bonds. The SMILES string of the molecule is COC(=O)C[C@@]1(C(=O)OC)NC(=O)c2cc(OC)c(Cl)cc2N1. The highest BCUT2D eigenvalue weighted by molar-refractivity contribution is 6.32. The fraction of sp³-hybridized carbons (Fsp3) is 0.357. The molecule has 0 aromatic heterocycles. The maximum Gasteiger partial charge on any atom is 0.353 e. The van der Waals surface area contributed by atoms with Crippen LogP contribution in [0.4, 0.5) is 5.69 Å². The number of carbonyl (C=O) groups excluding carboxylic acids is 3. The molecule has 1 aromatic carbocycles. The van der Waals surface area contributed by atoms with Crippen LogP contribution in [0.3, 0.4) is 0 Å². The minimum Gasteiger partial charge on any atom is -0.495 e. The number of hydrogen-bond donors (Lipinski definition) is 2. The Morgan fingerprint density at radius 2 is 1.87 bits per heavy atom. The van der Waals surface area contributed by atoms with Crippen molar-refractivity contribution in [3.05, 3.63) is 22.7 Å². The highest BCUT2D eigenvalue weighted by Crippen LogP contribution is 2.35. The van der Waals surface area contributed by atoms with E-state index in [4.69, 9.17) is 21.1 Å². The van der Waals surface area contributed by atoms with Gasteiger partial charge in [0.15, 0.2) is 0 Å². The van der Waals surface area contributed by atoms with Gasteiger partial charge in [-0.2, -0.15) is 0 Å². The summed E-state index contributed by atoms with van der Waals surface area (Å²) >= 11 is 6.04. The first-order valence-electron chi connectivity index (χ1n) is 6.50. The zero-order valence-corrected chi connectivity index (χ0v) is 13.4. The molecule has 0 aliphatic carbocycles. The largest absolute Gasteiger partial charge is 0.495 e. The zero-order valence-electron chi connectivity index (χ0n) is 12.7. The van der Waals surface area contributed by atoms with Crippen LogP contribution in [0.1, 0.15) is 16.8 Å². The lowest BCUT2D eigenvalue weighted by atomic mass is 9.98. The molecule has 23 heavy (non-hydrogen) atoms. The highest BCUT2D eigenvalue weighted by Gasteiger charge is 2.47. The number of halogens is 1. The van der Waals surface area contributed by atoms with Gasteiger partial charge < -0.3 is 24.8 Å². The third-order valence-electron chi connectivity index (χ3n) is 3.38. The second-order valence-electron chi connectivity index (χ2n) is 4.76. The van der Waals surface area contributed by atoms with Gasteiger partial charge in [0.05, 0.1) is 44.0 Å². The van der Waals surface area contributed by atoms with Gasteiger partial charge in [-0.3, -0.25) is 9.59 Å². The molecule has 0 saturated heterocycles. The predicted octanol–water partition coefficient (Wildman–Crippen LogP) is 0.936. The summed E-state index contributed by atoms with van der Waals surface area (Å²) in [4.78, 5) is 36.1. The average Bonchev–Trinajstić information content (AvgIpc) is 2.53. The number of rotatable bonds is 4. The van der Waals surface area contributed by atoms with Crippen molar-refractivity contribution >= 4 is 35.1 Å². The van der Waals surface area contributed by atoms with Crippen molar-refractivity contribution in [2.45, 2.75) is 12.1 Å². The molecular weight excluding hydrogens is 328 g/mol. The number of carbonyl (C=O) groups is 3. The van der Waals surface area contributed by atoms with E-state index in [1.807, 2.05) is 0 Å². The van der Waals surface area contributed by atoms with Crippen LogP contribution in [0, 0.1) is 0 Å². The topological polar surface area (TPSA) is 103 Å². The van der Waals surface area contributed by atoms with Gasteiger partial charge >= 0.3 is 11.9 Å². The number of fused-ring (bicyclic) bond motifs is 1. The Bertz CT molecular complexity index is 677. The fourth-order valence-corrected chi connectivity index (χ4v) is 2.49. The average molecular weight is 343 g/mol. The number of amides is 1. The molecule has 2 rings (SSSR count). The molecule has 2 N–H and O–H groups in total. The molecule has 1 aromatic rings. The molecule has 124 valence electrons. The highest BCUT2D eigenvalue weighted by atomic mass is 35.5. The number of ether oxygens (including phenoxy) is 3. The van der Waals surface area contributed by atoms with Gasteiger partial charge in [0.1, 0.15) is 5.75 Å². The monoisotopic (exact) mass is 342 g/mol. The van der Waals surface area contributed by atoms with Gasteiger partial charge in [0, 0.05) is 0 Å². The van der Waals surface area contributed by atoms with Gasteiger partial charge in [0.25, 0.3) is 5.91 Å². The minimum absolute atomic E-state index is 0.218. The van der Waals surface area contributed by atoms with E-state index in [-0.39, 0.29) is 16.3 Å². The van der Waals surface area contributed by atoms with Crippen molar-refractivity contribution < 1.29 is 28.6 Å². The number of anilines is 1. The molecule has 0 unspecified atom stereocenters. The Morgan fingerprint density at radius 3 is 2.43 bits per heavy atom. The van der Waals surface area contributed by atoms with E-state index in [9.17, 15) is 14.4 Å². The summed E-state index contributed by atoms with van der Waals surface area (Å²) in [6, 6.07) is 2.86. The van der Waals surface area contributed by atoms with E-state index in [1.165, 1.54) is 26.4 Å². The maximum absolute atomic E-state index is 12.4. The Balaban J connectivity index is 2.50. The lowest BCUT2D eigenvalue weighted by molar-refractivity contribution is -0.153. The Morgan fingerprint density at radius 1 is 1.17 bits per heavy atom. The summed E-state index contributed by atoms with van der Waals surface area (Å²) in [6.45, 7) is 0. The second-order valence-corrected chi connectivity index (χ2v) is 5.17. The van der Waals surface area contributed by atoms with Crippen LogP contribution in [-0.2, 0) is 19.1 Å². The van der Waals surface area contributed by atoms with Crippen molar-refractivity contribution in [2.24, 2.45) is 0 Å². The molecule has 1 atom stereocenters. The Labute approximate surface area is 137 Å². The van der Waals surface area contributed by atoms with Crippen LogP contribution < -0.4 is 15.4 Å². The maximum atomic E-state index is 12.4. The number of esters is 2. The second kappa shape index (κ2) is 6.33. The van der Waals surface area contributed by atoms with Crippen molar-refractivity contribution in [1.29, 1.82) is 0 Å². The van der Waals surface area contributed by atoms with Crippen LogP contribution >= 0.6 is 11.6 Å². The third-order valence-corrected chi connectivity index (χ3v) is 3.68. The van der Waals surface area contributed by atoms with Crippen LogP contribution in [-0.4, -0.2) is 44.8 Å². The van der Waals surface area contributed by atoms with Crippen molar-refractivity contribution in [2.75, 3.05) is 26.6 Å². The number of methoxy groups -OCH3 is 3. The van der Waals surface area contributed by atoms with E-state index < -0.39 is 29.9 Å². The third kappa shape index (κ3) is 3.02.